The number of halogens is 4. The van der Waals surface area contributed by atoms with Crippen LogP contribution in [0.5, 0.6) is 5.75 Å². The Morgan fingerprint density at radius 2 is 1.82 bits per heavy atom. The highest BCUT2D eigenvalue weighted by atomic mass is 19.4. The molecule has 5 rings (SSSR count). The number of primary amides is 1. The summed E-state index contributed by atoms with van der Waals surface area (Å²) < 4.78 is 62.8. The summed E-state index contributed by atoms with van der Waals surface area (Å²) in [5.74, 6) is -2.37. The quantitative estimate of drug-likeness (QED) is 0.312. The van der Waals surface area contributed by atoms with Crippen LogP contribution >= 0.6 is 0 Å². The van der Waals surface area contributed by atoms with Gasteiger partial charge >= 0.3 is 6.18 Å². The number of nitrogens with two attached hydrogens (primary N) is 1. The van der Waals surface area contributed by atoms with Gasteiger partial charge in [0.25, 0.3) is 5.91 Å². The van der Waals surface area contributed by atoms with Gasteiger partial charge in [0.15, 0.2) is 0 Å². The number of aromatic nitrogens is 2. The minimum absolute atomic E-state index is 0.0185. The first kappa shape index (κ1) is 27.0. The third-order valence-corrected chi connectivity index (χ3v) is 7.03. The number of nitrogens with zero attached hydrogens (tertiary/aromatic N) is 2. The maximum absolute atomic E-state index is 14.5. The lowest BCUT2D eigenvalue weighted by Crippen LogP contribution is -2.51. The SMILES string of the molecule is C[C@]1(C(N)=O)COc2c1cc(C(O)(CNC(=O)c1ccc3ccncc3c1)C(F)(F)F)nc2-c1ccc(F)cc1. The number of hydrogen-bond donors (Lipinski definition) is 3. The summed E-state index contributed by atoms with van der Waals surface area (Å²) in [5.41, 5.74) is -0.533. The predicted octanol–water partition coefficient (Wildman–Crippen LogP) is 3.75. The van der Waals surface area contributed by atoms with Crippen molar-refractivity contribution in [1.82, 2.24) is 15.3 Å². The highest BCUT2D eigenvalue weighted by Gasteiger charge is 2.57. The number of ether oxygens (including phenoxy) is 1. The molecule has 2 amide bonds. The van der Waals surface area contributed by atoms with Crippen molar-refractivity contribution < 1.29 is 37.0 Å². The van der Waals surface area contributed by atoms with Gasteiger partial charge in [0.1, 0.15) is 29.3 Å². The van der Waals surface area contributed by atoms with E-state index in [1.165, 1.54) is 37.4 Å². The number of benzene rings is 2. The molecular formula is C28H22F4N4O4. The molecule has 2 aromatic carbocycles. The Morgan fingerprint density at radius 1 is 1.10 bits per heavy atom. The second kappa shape index (κ2) is 9.56. The number of nitrogens with one attached hydrogen (secondary N) is 1. The smallest absolute Gasteiger partial charge is 0.424 e. The summed E-state index contributed by atoms with van der Waals surface area (Å²) in [6.07, 6.45) is -2.26. The predicted molar refractivity (Wildman–Crippen MR) is 136 cm³/mol. The maximum atomic E-state index is 14.5. The number of pyridine rings is 2. The Balaban J connectivity index is 1.58. The number of carbonyl (C=O) groups excluding carboxylic acids is 2. The van der Waals surface area contributed by atoms with Gasteiger partial charge in [-0.2, -0.15) is 13.2 Å². The normalized spacial score (nSPS) is 18.1. The van der Waals surface area contributed by atoms with Gasteiger partial charge in [0, 0.05) is 34.5 Å². The molecule has 206 valence electrons. The van der Waals surface area contributed by atoms with E-state index < -0.39 is 47.1 Å². The van der Waals surface area contributed by atoms with Crippen molar-refractivity contribution in [3.63, 3.8) is 0 Å². The molecule has 0 saturated carbocycles. The van der Waals surface area contributed by atoms with Crippen molar-refractivity contribution in [2.24, 2.45) is 5.73 Å². The summed E-state index contributed by atoms with van der Waals surface area (Å²) in [6.45, 7) is -0.194. The Labute approximate surface area is 224 Å². The first-order chi connectivity index (χ1) is 18.8. The fraction of sp³-hybridized carbons (Fsp3) is 0.214. The second-order valence-electron chi connectivity index (χ2n) is 9.70. The summed E-state index contributed by atoms with van der Waals surface area (Å²) in [6, 6.07) is 11.8. The van der Waals surface area contributed by atoms with Crippen LogP contribution in [0.2, 0.25) is 0 Å². The monoisotopic (exact) mass is 554 g/mol. The standard InChI is InChI=1S/C28H22F4N4O4/c1-26(25(33)38)14-40-23-20(26)11-21(36-22(23)16-4-6-19(29)7-5-16)27(39,28(30,31)32)13-35-24(37)17-3-2-15-8-9-34-12-18(15)10-17/h2-12,39H,13-14H2,1H3,(H2,33,38)(H,35,37)/t26-,27?/m0/s1. The lowest BCUT2D eigenvalue weighted by molar-refractivity contribution is -0.265. The van der Waals surface area contributed by atoms with E-state index in [-0.39, 0.29) is 34.7 Å². The van der Waals surface area contributed by atoms with Gasteiger partial charge in [0.05, 0.1) is 12.2 Å². The Morgan fingerprint density at radius 3 is 2.50 bits per heavy atom. The molecule has 2 atom stereocenters. The van der Waals surface area contributed by atoms with Crippen LogP contribution in [0, 0.1) is 5.82 Å². The van der Waals surface area contributed by atoms with Crippen LogP contribution in [0.4, 0.5) is 17.6 Å². The van der Waals surface area contributed by atoms with E-state index in [1.54, 1.807) is 18.3 Å². The number of aliphatic hydroxyl groups is 1. The molecule has 3 heterocycles. The van der Waals surface area contributed by atoms with Crippen LogP contribution in [0.1, 0.15) is 28.5 Å². The van der Waals surface area contributed by atoms with Crippen molar-refractivity contribution >= 4 is 22.6 Å². The number of rotatable bonds is 6. The number of fused-ring (bicyclic) bond motifs is 2. The molecule has 2 aromatic heterocycles. The number of hydrogen-bond acceptors (Lipinski definition) is 6. The number of carbonyl (C=O) groups is 2. The van der Waals surface area contributed by atoms with E-state index in [4.69, 9.17) is 10.5 Å². The first-order valence-corrected chi connectivity index (χ1v) is 12.0. The topological polar surface area (TPSA) is 127 Å². The number of alkyl halides is 3. The minimum atomic E-state index is -5.32. The summed E-state index contributed by atoms with van der Waals surface area (Å²) in [5, 5.41) is 14.6. The Hall–Kier alpha value is -4.58. The van der Waals surface area contributed by atoms with Crippen LogP contribution in [0.3, 0.4) is 0 Å². The minimum Gasteiger partial charge on any atom is -0.489 e. The molecule has 4 aromatic rings. The van der Waals surface area contributed by atoms with E-state index in [9.17, 15) is 32.3 Å². The van der Waals surface area contributed by atoms with Crippen LogP contribution in [-0.4, -0.2) is 46.2 Å². The lowest BCUT2D eigenvalue weighted by atomic mass is 9.81. The average Bonchev–Trinajstić information content (AvgIpc) is 3.28. The molecular weight excluding hydrogens is 532 g/mol. The van der Waals surface area contributed by atoms with E-state index >= 15 is 0 Å². The fourth-order valence-corrected chi connectivity index (χ4v) is 4.48. The van der Waals surface area contributed by atoms with Crippen LogP contribution in [0.25, 0.3) is 22.0 Å². The molecule has 0 radical (unpaired) electrons. The molecule has 8 nitrogen and oxygen atoms in total. The molecule has 0 fully saturated rings. The van der Waals surface area contributed by atoms with Crippen LogP contribution in [0.15, 0.2) is 67.0 Å². The van der Waals surface area contributed by atoms with E-state index in [1.807, 2.05) is 0 Å². The molecule has 0 bridgehead atoms. The lowest BCUT2D eigenvalue weighted by Gasteiger charge is -2.31. The summed E-state index contributed by atoms with van der Waals surface area (Å²) in [7, 11) is 0. The molecule has 1 aliphatic rings. The highest BCUT2D eigenvalue weighted by molar-refractivity contribution is 5.98. The summed E-state index contributed by atoms with van der Waals surface area (Å²) in [4.78, 5) is 33.2. The zero-order valence-corrected chi connectivity index (χ0v) is 20.9. The van der Waals surface area contributed by atoms with Crippen LogP contribution in [-0.2, 0) is 15.8 Å². The van der Waals surface area contributed by atoms with E-state index in [2.05, 4.69) is 15.3 Å². The van der Waals surface area contributed by atoms with Crippen molar-refractivity contribution in [3.05, 3.63) is 89.6 Å². The maximum Gasteiger partial charge on any atom is 0.424 e. The molecule has 0 aliphatic carbocycles. The van der Waals surface area contributed by atoms with Crippen molar-refractivity contribution in [1.29, 1.82) is 0 Å². The molecule has 0 spiro atoms. The third kappa shape index (κ3) is 4.49. The summed E-state index contributed by atoms with van der Waals surface area (Å²) >= 11 is 0. The van der Waals surface area contributed by atoms with Crippen LogP contribution < -0.4 is 15.8 Å². The third-order valence-electron chi connectivity index (χ3n) is 7.03. The zero-order chi connectivity index (χ0) is 28.9. The number of amides is 2. The molecule has 1 aliphatic heterocycles. The van der Waals surface area contributed by atoms with Crippen molar-refractivity contribution in [3.8, 4) is 17.0 Å². The van der Waals surface area contributed by atoms with Gasteiger partial charge in [-0.3, -0.25) is 14.6 Å². The molecule has 40 heavy (non-hydrogen) atoms. The Kier molecular flexibility index (Phi) is 6.45. The van der Waals surface area contributed by atoms with E-state index in [0.29, 0.717) is 5.39 Å². The average molecular weight is 555 g/mol. The van der Waals surface area contributed by atoms with E-state index in [0.717, 1.165) is 23.6 Å². The molecule has 1 unspecified atom stereocenters. The van der Waals surface area contributed by atoms with Crippen molar-refractivity contribution in [2.75, 3.05) is 13.2 Å². The molecule has 4 N–H and O–H groups in total. The zero-order valence-electron chi connectivity index (χ0n) is 20.9. The van der Waals surface area contributed by atoms with Gasteiger partial charge in [0.2, 0.25) is 11.5 Å². The highest BCUT2D eigenvalue weighted by Crippen LogP contribution is 2.47. The van der Waals surface area contributed by atoms with Gasteiger partial charge in [-0.05, 0) is 60.8 Å². The van der Waals surface area contributed by atoms with Gasteiger partial charge < -0.3 is 20.9 Å². The largest absolute Gasteiger partial charge is 0.489 e. The first-order valence-electron chi connectivity index (χ1n) is 12.0. The van der Waals surface area contributed by atoms with Gasteiger partial charge in [-0.15, -0.1) is 0 Å². The van der Waals surface area contributed by atoms with Crippen molar-refractivity contribution in [2.45, 2.75) is 24.1 Å². The Bertz CT molecular complexity index is 1640. The molecule has 12 heteroatoms. The van der Waals surface area contributed by atoms with Gasteiger partial charge in [-0.25, -0.2) is 9.37 Å². The van der Waals surface area contributed by atoms with Gasteiger partial charge in [-0.1, -0.05) is 6.07 Å². The fourth-order valence-electron chi connectivity index (χ4n) is 4.48. The second-order valence-corrected chi connectivity index (χ2v) is 9.70. The molecule has 0 saturated heterocycles.